The van der Waals surface area contributed by atoms with Gasteiger partial charge >= 0.3 is 0 Å². The molecule has 0 bridgehead atoms. The van der Waals surface area contributed by atoms with E-state index in [0.717, 1.165) is 18.7 Å². The molecular formula is C15H17ClN2. The van der Waals surface area contributed by atoms with Crippen LogP contribution in [0.4, 0.5) is 11.4 Å². The lowest BCUT2D eigenvalue weighted by molar-refractivity contribution is 1.18. The quantitative estimate of drug-likeness (QED) is 0.817. The first-order valence-corrected chi connectivity index (χ1v) is 6.43. The lowest BCUT2D eigenvalue weighted by Crippen LogP contribution is -1.96. The molecule has 2 nitrogen and oxygen atoms in total. The van der Waals surface area contributed by atoms with Crippen molar-refractivity contribution in [1.29, 1.82) is 0 Å². The Hall–Kier alpha value is -1.67. The number of anilines is 2. The van der Waals surface area contributed by atoms with Gasteiger partial charge in [-0.25, -0.2) is 0 Å². The van der Waals surface area contributed by atoms with Crippen molar-refractivity contribution in [2.75, 3.05) is 17.6 Å². The number of hydrogen-bond donors (Lipinski definition) is 2. The molecule has 0 saturated carbocycles. The van der Waals surface area contributed by atoms with Crippen molar-refractivity contribution < 1.29 is 0 Å². The molecule has 0 heterocycles. The van der Waals surface area contributed by atoms with Crippen molar-refractivity contribution in [3.8, 4) is 0 Å². The smallest absolute Gasteiger partial charge is 0.0638 e. The molecule has 0 fully saturated rings. The van der Waals surface area contributed by atoms with Crippen LogP contribution in [0.1, 0.15) is 18.1 Å². The molecule has 2 rings (SSSR count). The van der Waals surface area contributed by atoms with Gasteiger partial charge < -0.3 is 11.1 Å². The zero-order valence-corrected chi connectivity index (χ0v) is 11.2. The van der Waals surface area contributed by atoms with Crippen molar-refractivity contribution in [3.05, 3.63) is 58.6 Å². The van der Waals surface area contributed by atoms with E-state index in [-0.39, 0.29) is 0 Å². The number of nitrogen functional groups attached to an aromatic ring is 1. The Balaban J connectivity index is 2.10. The molecule has 0 atom stereocenters. The van der Waals surface area contributed by atoms with E-state index >= 15 is 0 Å². The van der Waals surface area contributed by atoms with Crippen LogP contribution in [-0.2, 0) is 6.42 Å². The Kier molecular flexibility index (Phi) is 4.11. The second-order valence-corrected chi connectivity index (χ2v) is 4.67. The number of nitrogens with one attached hydrogen (secondary N) is 1. The van der Waals surface area contributed by atoms with Crippen LogP contribution in [-0.4, -0.2) is 6.54 Å². The van der Waals surface area contributed by atoms with E-state index in [2.05, 4.69) is 36.5 Å². The Morgan fingerprint density at radius 3 is 2.33 bits per heavy atom. The van der Waals surface area contributed by atoms with E-state index in [4.69, 9.17) is 17.3 Å². The number of nitrogens with two attached hydrogens (primary N) is 1. The minimum Gasteiger partial charge on any atom is -0.398 e. The molecule has 94 valence electrons. The largest absolute Gasteiger partial charge is 0.398 e. The Morgan fingerprint density at radius 1 is 1.06 bits per heavy atom. The van der Waals surface area contributed by atoms with Gasteiger partial charge in [0.1, 0.15) is 0 Å². The zero-order chi connectivity index (χ0) is 13.0. The van der Waals surface area contributed by atoms with E-state index in [9.17, 15) is 0 Å². The van der Waals surface area contributed by atoms with Crippen LogP contribution in [0.2, 0.25) is 5.02 Å². The van der Waals surface area contributed by atoms with Gasteiger partial charge in [-0.1, -0.05) is 29.8 Å². The van der Waals surface area contributed by atoms with Gasteiger partial charge in [0.05, 0.1) is 10.7 Å². The monoisotopic (exact) mass is 260 g/mol. The van der Waals surface area contributed by atoms with E-state index in [1.54, 1.807) is 0 Å². The standard InChI is InChI=1S/C15H17ClN2/c1-2-18-13-6-3-11(4-7-13)9-12-5-8-15(17)14(16)10-12/h3-8,10,18H,2,9,17H2,1H3. The molecule has 0 saturated heterocycles. The van der Waals surface area contributed by atoms with Gasteiger partial charge in [-0.2, -0.15) is 0 Å². The molecule has 2 aromatic carbocycles. The topological polar surface area (TPSA) is 38.0 Å². The molecule has 0 aliphatic rings. The molecule has 18 heavy (non-hydrogen) atoms. The third kappa shape index (κ3) is 3.17. The molecule has 0 spiro atoms. The van der Waals surface area contributed by atoms with Crippen molar-refractivity contribution >= 4 is 23.0 Å². The van der Waals surface area contributed by atoms with Gasteiger partial charge in [0.2, 0.25) is 0 Å². The van der Waals surface area contributed by atoms with Gasteiger partial charge in [-0.15, -0.1) is 0 Å². The van der Waals surface area contributed by atoms with E-state index in [1.165, 1.54) is 11.1 Å². The summed E-state index contributed by atoms with van der Waals surface area (Å²) in [6, 6.07) is 14.2. The molecule has 2 aromatic rings. The lowest BCUT2D eigenvalue weighted by atomic mass is 10.0. The van der Waals surface area contributed by atoms with Crippen LogP contribution in [0, 0.1) is 0 Å². The second-order valence-electron chi connectivity index (χ2n) is 4.26. The van der Waals surface area contributed by atoms with Crippen LogP contribution in [0.25, 0.3) is 0 Å². The Bertz CT molecular complexity index is 521. The van der Waals surface area contributed by atoms with Crippen LogP contribution in [0.3, 0.4) is 0 Å². The van der Waals surface area contributed by atoms with E-state index in [1.807, 2.05) is 18.2 Å². The summed E-state index contributed by atoms with van der Waals surface area (Å²) in [7, 11) is 0. The highest BCUT2D eigenvalue weighted by molar-refractivity contribution is 6.33. The Labute approximate surface area is 113 Å². The third-order valence-electron chi connectivity index (χ3n) is 2.81. The SMILES string of the molecule is CCNc1ccc(Cc2ccc(N)c(Cl)c2)cc1. The minimum absolute atomic E-state index is 0.622. The van der Waals surface area contributed by atoms with Crippen molar-refractivity contribution in [1.82, 2.24) is 0 Å². The summed E-state index contributed by atoms with van der Waals surface area (Å²) >= 11 is 6.01. The Morgan fingerprint density at radius 2 is 1.72 bits per heavy atom. The molecule has 0 amide bonds. The van der Waals surface area contributed by atoms with Gasteiger partial charge in [0.25, 0.3) is 0 Å². The summed E-state index contributed by atoms with van der Waals surface area (Å²) in [4.78, 5) is 0. The second kappa shape index (κ2) is 5.78. The normalized spacial score (nSPS) is 10.3. The van der Waals surface area contributed by atoms with Crippen LogP contribution in [0.5, 0.6) is 0 Å². The molecular weight excluding hydrogens is 244 g/mol. The van der Waals surface area contributed by atoms with Crippen LogP contribution >= 0.6 is 11.6 Å². The van der Waals surface area contributed by atoms with Crippen molar-refractivity contribution in [2.45, 2.75) is 13.3 Å². The summed E-state index contributed by atoms with van der Waals surface area (Å²) in [6.07, 6.45) is 0.867. The van der Waals surface area contributed by atoms with Gasteiger partial charge in [0.15, 0.2) is 0 Å². The summed E-state index contributed by atoms with van der Waals surface area (Å²) in [5.74, 6) is 0. The summed E-state index contributed by atoms with van der Waals surface area (Å²) in [6.45, 7) is 3.03. The van der Waals surface area contributed by atoms with E-state index < -0.39 is 0 Å². The molecule has 0 aliphatic heterocycles. The average molecular weight is 261 g/mol. The lowest BCUT2D eigenvalue weighted by Gasteiger charge is -2.06. The predicted octanol–water partition coefficient (Wildman–Crippen LogP) is 3.94. The highest BCUT2D eigenvalue weighted by Gasteiger charge is 2.00. The highest BCUT2D eigenvalue weighted by atomic mass is 35.5. The number of hydrogen-bond acceptors (Lipinski definition) is 2. The molecule has 0 aliphatic carbocycles. The number of halogens is 1. The first-order chi connectivity index (χ1) is 8.69. The van der Waals surface area contributed by atoms with Gasteiger partial charge in [0, 0.05) is 12.2 Å². The summed E-state index contributed by atoms with van der Waals surface area (Å²) in [5.41, 5.74) is 9.91. The fourth-order valence-electron chi connectivity index (χ4n) is 1.86. The van der Waals surface area contributed by atoms with Crippen LogP contribution < -0.4 is 11.1 Å². The fraction of sp³-hybridized carbons (Fsp3) is 0.200. The zero-order valence-electron chi connectivity index (χ0n) is 10.4. The fourth-order valence-corrected chi connectivity index (χ4v) is 2.06. The van der Waals surface area contributed by atoms with Crippen molar-refractivity contribution in [2.24, 2.45) is 0 Å². The maximum Gasteiger partial charge on any atom is 0.0638 e. The van der Waals surface area contributed by atoms with Gasteiger partial charge in [-0.3, -0.25) is 0 Å². The summed E-state index contributed by atoms with van der Waals surface area (Å²) < 4.78 is 0. The van der Waals surface area contributed by atoms with Gasteiger partial charge in [-0.05, 0) is 48.7 Å². The molecule has 3 N–H and O–H groups in total. The highest BCUT2D eigenvalue weighted by Crippen LogP contribution is 2.21. The molecule has 0 radical (unpaired) electrons. The first-order valence-electron chi connectivity index (χ1n) is 6.05. The summed E-state index contributed by atoms with van der Waals surface area (Å²) in [5, 5.41) is 3.90. The maximum atomic E-state index is 6.01. The average Bonchev–Trinajstić information content (AvgIpc) is 2.37. The molecule has 3 heteroatoms. The number of rotatable bonds is 4. The predicted molar refractivity (Wildman–Crippen MR) is 79.3 cm³/mol. The first kappa shape index (κ1) is 12.8. The van der Waals surface area contributed by atoms with Crippen LogP contribution in [0.15, 0.2) is 42.5 Å². The maximum absolute atomic E-state index is 6.01. The number of benzene rings is 2. The molecule has 0 unspecified atom stereocenters. The van der Waals surface area contributed by atoms with E-state index in [0.29, 0.717) is 10.7 Å². The minimum atomic E-state index is 0.622. The third-order valence-corrected chi connectivity index (χ3v) is 3.14. The van der Waals surface area contributed by atoms with Crippen molar-refractivity contribution in [3.63, 3.8) is 0 Å². The molecule has 0 aromatic heterocycles.